The number of likely N-dealkylation sites (tertiary alicyclic amines) is 1. The van der Waals surface area contributed by atoms with Crippen LogP contribution < -0.4 is 0 Å². The van der Waals surface area contributed by atoms with Crippen molar-refractivity contribution in [2.45, 2.75) is 38.6 Å². The number of piperidine rings is 1. The van der Waals surface area contributed by atoms with Gasteiger partial charge in [0.25, 0.3) is 0 Å². The van der Waals surface area contributed by atoms with Gasteiger partial charge in [-0.1, -0.05) is 24.3 Å². The van der Waals surface area contributed by atoms with Crippen molar-refractivity contribution in [2.75, 3.05) is 37.7 Å². The number of carbonyl (C=O) groups excluding carboxylic acids is 1. The van der Waals surface area contributed by atoms with Crippen LogP contribution in [0, 0.1) is 11.8 Å². The number of hydrogen-bond acceptors (Lipinski definition) is 4. The molecule has 0 N–H and O–H groups in total. The zero-order chi connectivity index (χ0) is 18.9. The highest BCUT2D eigenvalue weighted by Crippen LogP contribution is 2.26. The Hall–Kier alpha value is -1.40. The van der Waals surface area contributed by atoms with Gasteiger partial charge in [0.05, 0.1) is 17.4 Å². The molecule has 2 fully saturated rings. The summed E-state index contributed by atoms with van der Waals surface area (Å²) in [6.45, 7) is 4.39. The van der Waals surface area contributed by atoms with E-state index in [1.54, 1.807) is 0 Å². The van der Waals surface area contributed by atoms with E-state index in [0.717, 1.165) is 64.8 Å². The molecule has 0 spiro atoms. The van der Waals surface area contributed by atoms with Crippen molar-refractivity contribution in [3.8, 4) is 0 Å². The molecule has 5 nitrogen and oxygen atoms in total. The maximum absolute atomic E-state index is 13.1. The van der Waals surface area contributed by atoms with E-state index in [-0.39, 0.29) is 5.92 Å². The molecule has 3 aliphatic rings. The number of nitrogens with zero attached hydrogens (tertiary/aromatic N) is 2. The van der Waals surface area contributed by atoms with Gasteiger partial charge < -0.3 is 9.80 Å². The summed E-state index contributed by atoms with van der Waals surface area (Å²) >= 11 is 0. The van der Waals surface area contributed by atoms with Gasteiger partial charge in [0, 0.05) is 26.2 Å². The summed E-state index contributed by atoms with van der Waals surface area (Å²) in [4.78, 5) is 17.6. The van der Waals surface area contributed by atoms with Crippen molar-refractivity contribution in [2.24, 2.45) is 11.8 Å². The Morgan fingerprint density at radius 1 is 1.04 bits per heavy atom. The summed E-state index contributed by atoms with van der Waals surface area (Å²) in [5.74, 6) is 1.53. The van der Waals surface area contributed by atoms with Crippen LogP contribution in [0.1, 0.15) is 36.8 Å². The van der Waals surface area contributed by atoms with Crippen molar-refractivity contribution < 1.29 is 13.2 Å². The van der Waals surface area contributed by atoms with Crippen LogP contribution in [0.3, 0.4) is 0 Å². The van der Waals surface area contributed by atoms with Crippen LogP contribution in [0.25, 0.3) is 0 Å². The standard InChI is InChI=1S/C21H30N2O3S/c24-21(23-11-7-18-4-1-2-5-19(18)16-23)20-6-3-10-22(15-20)14-17-8-12-27(25,26)13-9-17/h1-2,4-5,17,20H,3,6-16H2. The summed E-state index contributed by atoms with van der Waals surface area (Å²) in [6, 6.07) is 8.44. The van der Waals surface area contributed by atoms with Crippen molar-refractivity contribution in [3.63, 3.8) is 0 Å². The molecule has 1 aromatic rings. The lowest BCUT2D eigenvalue weighted by atomic mass is 9.92. The molecule has 1 aromatic carbocycles. The van der Waals surface area contributed by atoms with Gasteiger partial charge >= 0.3 is 0 Å². The van der Waals surface area contributed by atoms with Crippen molar-refractivity contribution >= 4 is 15.7 Å². The molecule has 3 aliphatic heterocycles. The molecule has 1 amide bonds. The summed E-state index contributed by atoms with van der Waals surface area (Å²) in [7, 11) is -2.80. The zero-order valence-electron chi connectivity index (χ0n) is 16.0. The Labute approximate surface area is 162 Å². The molecular formula is C21H30N2O3S. The molecule has 0 aliphatic carbocycles. The maximum Gasteiger partial charge on any atom is 0.227 e. The molecule has 0 saturated carbocycles. The third-order valence-electron chi connectivity index (χ3n) is 6.49. The first kappa shape index (κ1) is 18.9. The van der Waals surface area contributed by atoms with Gasteiger partial charge in [-0.25, -0.2) is 8.42 Å². The second-order valence-electron chi connectivity index (χ2n) is 8.47. The molecule has 3 heterocycles. The number of benzene rings is 1. The monoisotopic (exact) mass is 390 g/mol. The highest BCUT2D eigenvalue weighted by molar-refractivity contribution is 7.91. The molecule has 0 aromatic heterocycles. The lowest BCUT2D eigenvalue weighted by Gasteiger charge is -2.38. The minimum absolute atomic E-state index is 0.0938. The third-order valence-corrected chi connectivity index (χ3v) is 8.20. The first-order valence-electron chi connectivity index (χ1n) is 10.3. The number of rotatable bonds is 3. The normalized spacial score (nSPS) is 26.5. The average Bonchev–Trinajstić information content (AvgIpc) is 2.69. The molecule has 148 valence electrons. The van der Waals surface area contributed by atoms with Crippen LogP contribution in [-0.4, -0.2) is 61.8 Å². The zero-order valence-corrected chi connectivity index (χ0v) is 16.8. The van der Waals surface area contributed by atoms with Gasteiger partial charge in [-0.05, 0) is 55.7 Å². The highest BCUT2D eigenvalue weighted by Gasteiger charge is 2.32. The van der Waals surface area contributed by atoms with Gasteiger partial charge in [-0.2, -0.15) is 0 Å². The lowest BCUT2D eigenvalue weighted by molar-refractivity contribution is -0.138. The van der Waals surface area contributed by atoms with Crippen LogP contribution in [0.2, 0.25) is 0 Å². The first-order chi connectivity index (χ1) is 13.0. The van der Waals surface area contributed by atoms with E-state index in [1.807, 2.05) is 4.90 Å². The fourth-order valence-electron chi connectivity index (χ4n) is 4.85. The smallest absolute Gasteiger partial charge is 0.227 e. The Balaban J connectivity index is 1.32. The van der Waals surface area contributed by atoms with Gasteiger partial charge in [0.2, 0.25) is 5.91 Å². The molecule has 1 atom stereocenters. The average molecular weight is 391 g/mol. The third kappa shape index (κ3) is 4.54. The summed E-state index contributed by atoms with van der Waals surface area (Å²) < 4.78 is 23.3. The Bertz CT molecular complexity index is 778. The van der Waals surface area contributed by atoms with Gasteiger partial charge in [0.1, 0.15) is 9.84 Å². The molecule has 4 rings (SSSR count). The van der Waals surface area contributed by atoms with E-state index in [0.29, 0.717) is 23.3 Å². The molecular weight excluding hydrogens is 360 g/mol. The summed E-state index contributed by atoms with van der Waals surface area (Å²) in [6.07, 6.45) is 4.55. The second-order valence-corrected chi connectivity index (χ2v) is 10.8. The van der Waals surface area contributed by atoms with E-state index >= 15 is 0 Å². The summed E-state index contributed by atoms with van der Waals surface area (Å²) in [5, 5.41) is 0. The first-order valence-corrected chi connectivity index (χ1v) is 12.1. The second kappa shape index (κ2) is 7.92. The number of amides is 1. The molecule has 27 heavy (non-hydrogen) atoms. The number of sulfone groups is 1. The molecule has 1 unspecified atom stereocenters. The van der Waals surface area contributed by atoms with Crippen LogP contribution in [-0.2, 0) is 27.6 Å². The fourth-order valence-corrected chi connectivity index (χ4v) is 6.44. The fraction of sp³-hybridized carbons (Fsp3) is 0.667. The van der Waals surface area contributed by atoms with Crippen molar-refractivity contribution in [1.82, 2.24) is 9.80 Å². The van der Waals surface area contributed by atoms with E-state index < -0.39 is 9.84 Å². The van der Waals surface area contributed by atoms with Gasteiger partial charge in [0.15, 0.2) is 0 Å². The number of fused-ring (bicyclic) bond motifs is 1. The SMILES string of the molecule is O=C(C1CCCN(CC2CCS(=O)(=O)CC2)C1)N1CCc2ccccc2C1. The number of carbonyl (C=O) groups is 1. The van der Waals surface area contributed by atoms with E-state index in [4.69, 9.17) is 0 Å². The van der Waals surface area contributed by atoms with E-state index in [1.165, 1.54) is 11.1 Å². The lowest BCUT2D eigenvalue weighted by Crippen LogP contribution is -2.47. The quantitative estimate of drug-likeness (QED) is 0.793. The molecule has 0 radical (unpaired) electrons. The van der Waals surface area contributed by atoms with Crippen LogP contribution in [0.5, 0.6) is 0 Å². The highest BCUT2D eigenvalue weighted by atomic mass is 32.2. The molecule has 2 saturated heterocycles. The predicted octanol–water partition coefficient (Wildman–Crippen LogP) is 2.11. The van der Waals surface area contributed by atoms with Crippen molar-refractivity contribution in [1.29, 1.82) is 0 Å². The molecule has 0 bridgehead atoms. The summed E-state index contributed by atoms with van der Waals surface area (Å²) in [5.41, 5.74) is 2.66. The van der Waals surface area contributed by atoms with Gasteiger partial charge in [-0.3, -0.25) is 4.79 Å². The maximum atomic E-state index is 13.1. The molecule has 6 heteroatoms. The van der Waals surface area contributed by atoms with E-state index in [2.05, 4.69) is 29.2 Å². The minimum atomic E-state index is -2.80. The van der Waals surface area contributed by atoms with Crippen molar-refractivity contribution in [3.05, 3.63) is 35.4 Å². The topological polar surface area (TPSA) is 57.7 Å². The number of hydrogen-bond donors (Lipinski definition) is 0. The Morgan fingerprint density at radius 2 is 1.78 bits per heavy atom. The predicted molar refractivity (Wildman–Crippen MR) is 106 cm³/mol. The van der Waals surface area contributed by atoms with Crippen LogP contribution in [0.15, 0.2) is 24.3 Å². The largest absolute Gasteiger partial charge is 0.338 e. The minimum Gasteiger partial charge on any atom is -0.338 e. The Morgan fingerprint density at radius 3 is 2.56 bits per heavy atom. The van der Waals surface area contributed by atoms with Crippen LogP contribution >= 0.6 is 0 Å². The Kier molecular flexibility index (Phi) is 5.55. The van der Waals surface area contributed by atoms with Crippen LogP contribution in [0.4, 0.5) is 0 Å². The van der Waals surface area contributed by atoms with Gasteiger partial charge in [-0.15, -0.1) is 0 Å². The van der Waals surface area contributed by atoms with E-state index in [9.17, 15) is 13.2 Å².